The molecule has 2 aliphatic rings. The van der Waals surface area contributed by atoms with Crippen LogP contribution in [0.1, 0.15) is 25.7 Å². The molecule has 6 nitrogen and oxygen atoms in total. The zero-order chi connectivity index (χ0) is 19.6. The highest BCUT2D eigenvalue weighted by Crippen LogP contribution is 2.32. The lowest BCUT2D eigenvalue weighted by Gasteiger charge is -2.21. The molecular formula is C18H22F3N3O3. The Bertz CT molecular complexity index is 711. The van der Waals surface area contributed by atoms with E-state index in [0.29, 0.717) is 25.2 Å². The molecule has 1 aliphatic carbocycles. The minimum absolute atomic E-state index is 0.133. The predicted molar refractivity (Wildman–Crippen MR) is 91.9 cm³/mol. The Kier molecular flexibility index (Phi) is 5.59. The number of carbonyl (C=O) groups is 2. The van der Waals surface area contributed by atoms with Gasteiger partial charge in [0.25, 0.3) is 0 Å². The maximum atomic E-state index is 12.6. The van der Waals surface area contributed by atoms with E-state index >= 15 is 0 Å². The van der Waals surface area contributed by atoms with Crippen molar-refractivity contribution in [1.29, 1.82) is 0 Å². The summed E-state index contributed by atoms with van der Waals surface area (Å²) in [5.74, 6) is -0.946. The number of hydrogen-bond donors (Lipinski definition) is 2. The topological polar surface area (TPSA) is 84.7 Å². The van der Waals surface area contributed by atoms with Gasteiger partial charge < -0.3 is 20.7 Å². The highest BCUT2D eigenvalue weighted by molar-refractivity contribution is 6.01. The fraction of sp³-hybridized carbons (Fsp3) is 0.556. The molecule has 3 atom stereocenters. The Labute approximate surface area is 154 Å². The van der Waals surface area contributed by atoms with Crippen LogP contribution in [0.5, 0.6) is 5.75 Å². The molecule has 27 heavy (non-hydrogen) atoms. The molecule has 1 saturated carbocycles. The van der Waals surface area contributed by atoms with Gasteiger partial charge in [-0.25, -0.2) is 0 Å². The first-order valence-corrected chi connectivity index (χ1v) is 8.96. The molecule has 3 N–H and O–H groups in total. The zero-order valence-corrected chi connectivity index (χ0v) is 14.7. The van der Waals surface area contributed by atoms with Crippen LogP contribution in [0, 0.1) is 11.8 Å². The fourth-order valence-corrected chi connectivity index (χ4v) is 3.86. The van der Waals surface area contributed by atoms with Crippen molar-refractivity contribution in [3.63, 3.8) is 0 Å². The number of carbonyl (C=O) groups excluding carboxylic acids is 2. The molecule has 2 amide bonds. The van der Waals surface area contributed by atoms with Crippen molar-refractivity contribution in [2.45, 2.75) is 38.1 Å². The van der Waals surface area contributed by atoms with Crippen LogP contribution in [0.3, 0.4) is 0 Å². The van der Waals surface area contributed by atoms with Crippen LogP contribution in [-0.4, -0.2) is 37.3 Å². The minimum Gasteiger partial charge on any atom is -0.406 e. The number of halogens is 3. The van der Waals surface area contributed by atoms with Crippen molar-refractivity contribution in [2.24, 2.45) is 17.6 Å². The van der Waals surface area contributed by atoms with Gasteiger partial charge in [-0.2, -0.15) is 0 Å². The smallest absolute Gasteiger partial charge is 0.406 e. The third-order valence-electron chi connectivity index (χ3n) is 5.18. The van der Waals surface area contributed by atoms with Crippen LogP contribution in [0.2, 0.25) is 0 Å². The molecule has 1 unspecified atom stereocenters. The van der Waals surface area contributed by atoms with E-state index in [-0.39, 0.29) is 23.7 Å². The number of ether oxygens (including phenoxy) is 1. The second kappa shape index (κ2) is 7.75. The van der Waals surface area contributed by atoms with Gasteiger partial charge in [0, 0.05) is 24.2 Å². The summed E-state index contributed by atoms with van der Waals surface area (Å²) in [6.07, 6.45) is -1.79. The molecule has 148 valence electrons. The molecule has 3 rings (SSSR count). The second-order valence-electron chi connectivity index (χ2n) is 6.92. The molecular weight excluding hydrogens is 363 g/mol. The third-order valence-corrected chi connectivity index (χ3v) is 5.18. The molecule has 0 bridgehead atoms. The lowest BCUT2D eigenvalue weighted by molar-refractivity contribution is -0.274. The number of amides is 2. The predicted octanol–water partition coefficient (Wildman–Crippen LogP) is 2.18. The second-order valence-corrected chi connectivity index (χ2v) is 6.92. The number of rotatable bonds is 5. The number of anilines is 1. The van der Waals surface area contributed by atoms with E-state index in [1.165, 1.54) is 23.1 Å². The number of nitrogens with one attached hydrogen (secondary N) is 1. The van der Waals surface area contributed by atoms with E-state index in [1.54, 1.807) is 0 Å². The largest absolute Gasteiger partial charge is 0.573 e. The lowest BCUT2D eigenvalue weighted by atomic mass is 9.95. The number of nitrogens with zero attached hydrogens (tertiary/aromatic N) is 1. The average Bonchev–Trinajstić information content (AvgIpc) is 3.21. The van der Waals surface area contributed by atoms with Crippen molar-refractivity contribution in [3.8, 4) is 5.75 Å². The summed E-state index contributed by atoms with van der Waals surface area (Å²) < 4.78 is 41.0. The van der Waals surface area contributed by atoms with E-state index < -0.39 is 18.2 Å². The summed E-state index contributed by atoms with van der Waals surface area (Å²) in [5, 5.41) is 2.79. The minimum atomic E-state index is -4.80. The molecule has 0 spiro atoms. The highest BCUT2D eigenvalue weighted by atomic mass is 19.4. The van der Waals surface area contributed by atoms with Crippen LogP contribution in [0.15, 0.2) is 24.3 Å². The SMILES string of the molecule is NC[C@H]1CCC[C@H]1C(=O)NC1CCN(c2cccc(OC(F)(F)F)c2)C1=O. The Morgan fingerprint density at radius 1 is 1.30 bits per heavy atom. The first-order chi connectivity index (χ1) is 12.8. The van der Waals surface area contributed by atoms with Gasteiger partial charge in [0.2, 0.25) is 11.8 Å². The Balaban J connectivity index is 1.65. The maximum absolute atomic E-state index is 12.6. The van der Waals surface area contributed by atoms with Crippen LogP contribution >= 0.6 is 0 Å². The quantitative estimate of drug-likeness (QED) is 0.814. The summed E-state index contributed by atoms with van der Waals surface area (Å²) in [4.78, 5) is 26.5. The zero-order valence-electron chi connectivity index (χ0n) is 14.7. The van der Waals surface area contributed by atoms with Gasteiger partial charge in [-0.05, 0) is 43.9 Å². The van der Waals surface area contributed by atoms with Gasteiger partial charge >= 0.3 is 6.36 Å². The molecule has 1 saturated heterocycles. The molecule has 1 aliphatic heterocycles. The first-order valence-electron chi connectivity index (χ1n) is 8.96. The fourth-order valence-electron chi connectivity index (χ4n) is 3.86. The molecule has 0 radical (unpaired) electrons. The molecule has 0 aromatic heterocycles. The summed E-state index contributed by atoms with van der Waals surface area (Å²) in [6, 6.07) is 4.58. The Morgan fingerprint density at radius 2 is 2.07 bits per heavy atom. The monoisotopic (exact) mass is 385 g/mol. The van der Waals surface area contributed by atoms with Gasteiger partial charge in [-0.1, -0.05) is 12.5 Å². The van der Waals surface area contributed by atoms with Crippen LogP contribution in [0.4, 0.5) is 18.9 Å². The van der Waals surface area contributed by atoms with Gasteiger partial charge in [-0.3, -0.25) is 9.59 Å². The average molecular weight is 385 g/mol. The van der Waals surface area contributed by atoms with E-state index in [4.69, 9.17) is 5.73 Å². The maximum Gasteiger partial charge on any atom is 0.573 e. The van der Waals surface area contributed by atoms with Gasteiger partial charge in [-0.15, -0.1) is 13.2 Å². The number of hydrogen-bond acceptors (Lipinski definition) is 4. The Hall–Kier alpha value is -2.29. The van der Waals surface area contributed by atoms with E-state index in [9.17, 15) is 22.8 Å². The summed E-state index contributed by atoms with van der Waals surface area (Å²) in [5.41, 5.74) is 6.01. The van der Waals surface area contributed by atoms with E-state index in [0.717, 1.165) is 25.3 Å². The number of alkyl halides is 3. The lowest BCUT2D eigenvalue weighted by Crippen LogP contribution is -2.45. The van der Waals surface area contributed by atoms with E-state index in [2.05, 4.69) is 10.1 Å². The normalized spacial score (nSPS) is 25.7. The van der Waals surface area contributed by atoms with Crippen molar-refractivity contribution < 1.29 is 27.5 Å². The van der Waals surface area contributed by atoms with E-state index in [1.807, 2.05) is 0 Å². The number of nitrogens with two attached hydrogens (primary N) is 1. The molecule has 1 aromatic rings. The van der Waals surface area contributed by atoms with Crippen LogP contribution < -0.4 is 20.7 Å². The highest BCUT2D eigenvalue weighted by Gasteiger charge is 2.38. The first kappa shape index (κ1) is 19.5. The molecule has 1 aromatic carbocycles. The molecule has 9 heteroatoms. The molecule has 2 fully saturated rings. The summed E-state index contributed by atoms with van der Waals surface area (Å²) in [7, 11) is 0. The summed E-state index contributed by atoms with van der Waals surface area (Å²) >= 11 is 0. The van der Waals surface area contributed by atoms with Gasteiger partial charge in [0.1, 0.15) is 11.8 Å². The van der Waals surface area contributed by atoms with Crippen molar-refractivity contribution in [2.75, 3.05) is 18.0 Å². The summed E-state index contributed by atoms with van der Waals surface area (Å²) in [6.45, 7) is 0.749. The van der Waals surface area contributed by atoms with Gasteiger partial charge in [0.05, 0.1) is 0 Å². The van der Waals surface area contributed by atoms with Crippen LogP contribution in [0.25, 0.3) is 0 Å². The van der Waals surface area contributed by atoms with Crippen molar-refractivity contribution in [3.05, 3.63) is 24.3 Å². The van der Waals surface area contributed by atoms with Gasteiger partial charge in [0.15, 0.2) is 0 Å². The van der Waals surface area contributed by atoms with Crippen molar-refractivity contribution >= 4 is 17.5 Å². The number of benzene rings is 1. The van der Waals surface area contributed by atoms with Crippen LogP contribution in [-0.2, 0) is 9.59 Å². The standard InChI is InChI=1S/C18H22F3N3O3/c19-18(20,21)27-13-5-2-4-12(9-13)24-8-7-15(17(24)26)23-16(25)14-6-1-3-11(14)10-22/h2,4-5,9,11,14-15H,1,3,6-8,10,22H2,(H,23,25)/t11-,14-,15?/m1/s1. The Morgan fingerprint density at radius 3 is 2.78 bits per heavy atom. The third kappa shape index (κ3) is 4.52. The van der Waals surface area contributed by atoms with Crippen molar-refractivity contribution in [1.82, 2.24) is 5.32 Å². The molecule has 1 heterocycles.